The number of carbonyl (C=O) groups excluding carboxylic acids is 1. The second-order valence-electron chi connectivity index (χ2n) is 1.84. The lowest BCUT2D eigenvalue weighted by Gasteiger charge is -1.99. The van der Waals surface area contributed by atoms with Crippen LogP contribution in [0, 0.1) is 12.3 Å². The maximum absolute atomic E-state index is 10.8. The maximum Gasteiger partial charge on any atom is 0.414 e. The molecule has 0 aliphatic rings. The smallest absolute Gasteiger partial charge is 0.414 e. The Hall–Kier alpha value is -1.96. The molecule has 1 heterocycles. The van der Waals surface area contributed by atoms with Gasteiger partial charge in [-0.1, -0.05) is 5.92 Å². The van der Waals surface area contributed by atoms with E-state index in [9.17, 15) is 4.79 Å². The van der Waals surface area contributed by atoms with Gasteiger partial charge in [-0.25, -0.2) is 9.78 Å². The summed E-state index contributed by atoms with van der Waals surface area (Å²) in [7, 11) is 0. The van der Waals surface area contributed by atoms with Crippen LogP contribution in [0.15, 0.2) is 12.4 Å². The van der Waals surface area contributed by atoms with Gasteiger partial charge in [0.05, 0.1) is 0 Å². The Balaban J connectivity index is 2.33. The number of amides is 1. The number of terminal acetylenes is 1. The molecule has 1 amide bonds. The van der Waals surface area contributed by atoms with Gasteiger partial charge in [-0.05, 0) is 0 Å². The van der Waals surface area contributed by atoms with Crippen LogP contribution in [0.4, 0.5) is 10.7 Å². The van der Waals surface area contributed by atoms with Crippen LogP contribution >= 0.6 is 0 Å². The van der Waals surface area contributed by atoms with Gasteiger partial charge < -0.3 is 9.72 Å². The Morgan fingerprint density at radius 2 is 2.75 bits per heavy atom. The highest BCUT2D eigenvalue weighted by Crippen LogP contribution is 1.95. The molecule has 0 aliphatic heterocycles. The number of H-pyrrole nitrogens is 1. The molecule has 5 heteroatoms. The van der Waals surface area contributed by atoms with Crippen molar-refractivity contribution in [3.8, 4) is 12.3 Å². The number of anilines is 1. The number of nitrogens with one attached hydrogen (secondary N) is 2. The van der Waals surface area contributed by atoms with E-state index in [-0.39, 0.29) is 6.61 Å². The van der Waals surface area contributed by atoms with Crippen LogP contribution in [0.2, 0.25) is 0 Å². The van der Waals surface area contributed by atoms with E-state index in [1.54, 1.807) is 6.20 Å². The molecule has 5 nitrogen and oxygen atoms in total. The van der Waals surface area contributed by atoms with Gasteiger partial charge in [-0.3, -0.25) is 5.32 Å². The van der Waals surface area contributed by atoms with E-state index < -0.39 is 6.09 Å². The summed E-state index contributed by atoms with van der Waals surface area (Å²) >= 11 is 0. The molecule has 0 atom stereocenters. The van der Waals surface area contributed by atoms with Crippen molar-refractivity contribution in [2.75, 3.05) is 11.9 Å². The third-order valence-electron chi connectivity index (χ3n) is 1.01. The number of hydrogen-bond acceptors (Lipinski definition) is 3. The molecule has 1 aromatic heterocycles. The van der Waals surface area contributed by atoms with Gasteiger partial charge in [-0.2, -0.15) is 0 Å². The number of aromatic amines is 1. The van der Waals surface area contributed by atoms with E-state index in [0.717, 1.165) is 0 Å². The molecule has 0 spiro atoms. The second-order valence-corrected chi connectivity index (χ2v) is 1.84. The monoisotopic (exact) mass is 165 g/mol. The van der Waals surface area contributed by atoms with Gasteiger partial charge in [0.15, 0.2) is 6.61 Å². The largest absolute Gasteiger partial charge is 0.436 e. The van der Waals surface area contributed by atoms with E-state index in [0.29, 0.717) is 5.95 Å². The zero-order valence-electron chi connectivity index (χ0n) is 6.20. The van der Waals surface area contributed by atoms with Crippen molar-refractivity contribution in [2.45, 2.75) is 0 Å². The zero-order chi connectivity index (χ0) is 8.81. The van der Waals surface area contributed by atoms with Crippen molar-refractivity contribution >= 4 is 12.0 Å². The highest BCUT2D eigenvalue weighted by Gasteiger charge is 2.01. The summed E-state index contributed by atoms with van der Waals surface area (Å²) in [4.78, 5) is 17.2. The van der Waals surface area contributed by atoms with Crippen LogP contribution in [0.5, 0.6) is 0 Å². The van der Waals surface area contributed by atoms with Gasteiger partial charge in [0.25, 0.3) is 0 Å². The SMILES string of the molecule is C#CCOC(=O)Nc1ncc[nH]1. The van der Waals surface area contributed by atoms with E-state index in [1.807, 2.05) is 0 Å². The summed E-state index contributed by atoms with van der Waals surface area (Å²) in [6, 6.07) is 0. The van der Waals surface area contributed by atoms with Crippen molar-refractivity contribution < 1.29 is 9.53 Å². The van der Waals surface area contributed by atoms with Crippen molar-refractivity contribution in [1.29, 1.82) is 0 Å². The Kier molecular flexibility index (Phi) is 2.73. The Morgan fingerprint density at radius 1 is 1.92 bits per heavy atom. The minimum absolute atomic E-state index is 0.0491. The molecule has 62 valence electrons. The molecule has 1 aromatic rings. The fourth-order valence-electron chi connectivity index (χ4n) is 0.574. The van der Waals surface area contributed by atoms with Crippen molar-refractivity contribution in [2.24, 2.45) is 0 Å². The minimum atomic E-state index is -0.622. The van der Waals surface area contributed by atoms with Gasteiger partial charge >= 0.3 is 6.09 Å². The quantitative estimate of drug-likeness (QED) is 0.630. The number of imidazole rings is 1. The lowest BCUT2D eigenvalue weighted by molar-refractivity contribution is 0.176. The molecule has 0 radical (unpaired) electrons. The van der Waals surface area contributed by atoms with E-state index in [2.05, 4.69) is 25.9 Å². The molecular weight excluding hydrogens is 158 g/mol. The Labute approximate surface area is 69.1 Å². The summed E-state index contributed by atoms with van der Waals surface area (Å²) in [6.45, 7) is -0.0491. The molecule has 0 unspecified atom stereocenters. The molecule has 0 saturated heterocycles. The predicted molar refractivity (Wildman–Crippen MR) is 42.4 cm³/mol. The fourth-order valence-corrected chi connectivity index (χ4v) is 0.574. The first kappa shape index (κ1) is 8.14. The summed E-state index contributed by atoms with van der Waals surface area (Å²) in [5.41, 5.74) is 0. The lowest BCUT2D eigenvalue weighted by atomic mass is 10.7. The van der Waals surface area contributed by atoms with Crippen LogP contribution in [0.3, 0.4) is 0 Å². The summed E-state index contributed by atoms with van der Waals surface area (Å²) < 4.78 is 4.52. The van der Waals surface area contributed by atoms with Gasteiger partial charge in [0.1, 0.15) is 0 Å². The lowest BCUT2D eigenvalue weighted by Crippen LogP contribution is -2.14. The fraction of sp³-hybridized carbons (Fsp3) is 0.143. The molecule has 0 saturated carbocycles. The van der Waals surface area contributed by atoms with Gasteiger partial charge in [-0.15, -0.1) is 6.42 Å². The summed E-state index contributed by atoms with van der Waals surface area (Å²) in [5.74, 6) is 2.50. The normalized spacial score (nSPS) is 8.58. The third kappa shape index (κ3) is 2.34. The number of hydrogen-bond donors (Lipinski definition) is 2. The average molecular weight is 165 g/mol. The van der Waals surface area contributed by atoms with E-state index in [1.165, 1.54) is 6.20 Å². The number of aromatic nitrogens is 2. The van der Waals surface area contributed by atoms with Crippen molar-refractivity contribution in [3.05, 3.63) is 12.4 Å². The maximum atomic E-state index is 10.8. The zero-order valence-corrected chi connectivity index (χ0v) is 6.20. The third-order valence-corrected chi connectivity index (χ3v) is 1.01. The highest BCUT2D eigenvalue weighted by atomic mass is 16.5. The Morgan fingerprint density at radius 3 is 3.33 bits per heavy atom. The van der Waals surface area contributed by atoms with Gasteiger partial charge in [0.2, 0.25) is 5.95 Å². The van der Waals surface area contributed by atoms with Crippen LogP contribution in [-0.2, 0) is 4.74 Å². The molecule has 0 fully saturated rings. The first-order chi connectivity index (χ1) is 5.83. The van der Waals surface area contributed by atoms with E-state index >= 15 is 0 Å². The van der Waals surface area contributed by atoms with E-state index in [4.69, 9.17) is 6.42 Å². The van der Waals surface area contributed by atoms with Gasteiger partial charge in [0, 0.05) is 12.4 Å². The number of carbonyl (C=O) groups is 1. The standard InChI is InChI=1S/C7H7N3O2/c1-2-5-12-7(11)10-6-8-3-4-9-6/h1,3-4H,5H2,(H2,8,9,10,11). The molecule has 0 aliphatic carbocycles. The summed E-state index contributed by atoms with van der Waals surface area (Å²) in [6.07, 6.45) is 7.34. The van der Waals surface area contributed by atoms with Crippen LogP contribution in [-0.4, -0.2) is 22.7 Å². The minimum Gasteiger partial charge on any atom is -0.436 e. The van der Waals surface area contributed by atoms with Crippen LogP contribution < -0.4 is 5.32 Å². The summed E-state index contributed by atoms with van der Waals surface area (Å²) in [5, 5.41) is 2.33. The first-order valence-corrected chi connectivity index (χ1v) is 3.19. The van der Waals surface area contributed by atoms with Crippen molar-refractivity contribution in [1.82, 2.24) is 9.97 Å². The molecular formula is C7H7N3O2. The highest BCUT2D eigenvalue weighted by molar-refractivity contribution is 5.82. The van der Waals surface area contributed by atoms with Crippen molar-refractivity contribution in [3.63, 3.8) is 0 Å². The number of rotatable bonds is 2. The predicted octanol–water partition coefficient (Wildman–Crippen LogP) is 0.591. The molecule has 0 aromatic carbocycles. The molecule has 0 bridgehead atoms. The molecule has 12 heavy (non-hydrogen) atoms. The second kappa shape index (κ2) is 4.03. The number of ether oxygens (including phenoxy) is 1. The number of nitrogens with zero attached hydrogens (tertiary/aromatic N) is 1. The molecule has 2 N–H and O–H groups in total. The topological polar surface area (TPSA) is 67.0 Å². The van der Waals surface area contributed by atoms with Crippen LogP contribution in [0.1, 0.15) is 0 Å². The van der Waals surface area contributed by atoms with Crippen LogP contribution in [0.25, 0.3) is 0 Å². The average Bonchev–Trinajstić information content (AvgIpc) is 2.53. The first-order valence-electron chi connectivity index (χ1n) is 3.19. The Bertz CT molecular complexity index is 286. The molecule has 1 rings (SSSR count).